The van der Waals surface area contributed by atoms with E-state index in [0.717, 1.165) is 6.42 Å². The molecule has 4 unspecified atom stereocenters. The fraction of sp³-hybridized carbons (Fsp3) is 0.500. The van der Waals surface area contributed by atoms with Crippen molar-refractivity contribution in [3.05, 3.63) is 47.0 Å². The molecule has 148 valence electrons. The summed E-state index contributed by atoms with van der Waals surface area (Å²) in [6.45, 7) is 5.73. The van der Waals surface area contributed by atoms with E-state index in [0.29, 0.717) is 25.6 Å². The number of nitrogens with zero attached hydrogens (tertiary/aromatic N) is 2. The van der Waals surface area contributed by atoms with Crippen LogP contribution in [0.25, 0.3) is 0 Å². The van der Waals surface area contributed by atoms with E-state index in [4.69, 9.17) is 0 Å². The lowest BCUT2D eigenvalue weighted by atomic mass is 9.85. The van der Waals surface area contributed by atoms with Crippen molar-refractivity contribution in [1.82, 2.24) is 15.5 Å². The van der Waals surface area contributed by atoms with Crippen molar-refractivity contribution in [1.29, 1.82) is 0 Å². The van der Waals surface area contributed by atoms with Gasteiger partial charge < -0.3 is 10.6 Å². The maximum Gasteiger partial charge on any atom is 0.233 e. The van der Waals surface area contributed by atoms with E-state index >= 15 is 0 Å². The Labute approximate surface area is 166 Å². The van der Waals surface area contributed by atoms with Crippen LogP contribution in [0.15, 0.2) is 35.3 Å². The first-order chi connectivity index (χ1) is 13.5. The molecule has 0 radical (unpaired) electrons. The molecule has 1 heterocycles. The van der Waals surface area contributed by atoms with Crippen molar-refractivity contribution in [2.75, 3.05) is 20.1 Å². The lowest BCUT2D eigenvalue weighted by Gasteiger charge is -2.19. The van der Waals surface area contributed by atoms with Crippen molar-refractivity contribution in [2.24, 2.45) is 28.7 Å². The van der Waals surface area contributed by atoms with Gasteiger partial charge in [0.1, 0.15) is 0 Å². The zero-order valence-electron chi connectivity index (χ0n) is 16.7. The van der Waals surface area contributed by atoms with Crippen LogP contribution in [0, 0.1) is 37.5 Å². The minimum absolute atomic E-state index is 0.00637. The second kappa shape index (κ2) is 7.41. The topological polar surface area (TPSA) is 73.8 Å². The molecule has 2 amide bonds. The van der Waals surface area contributed by atoms with Gasteiger partial charge in [-0.3, -0.25) is 19.5 Å². The number of imide groups is 1. The van der Waals surface area contributed by atoms with E-state index in [1.807, 2.05) is 0 Å². The van der Waals surface area contributed by atoms with Crippen LogP contribution in [0.3, 0.4) is 0 Å². The van der Waals surface area contributed by atoms with Gasteiger partial charge in [0.05, 0.1) is 11.8 Å². The van der Waals surface area contributed by atoms with Crippen LogP contribution in [0.1, 0.15) is 23.1 Å². The number of hydrogen-bond acceptors (Lipinski definition) is 3. The summed E-state index contributed by atoms with van der Waals surface area (Å²) in [7, 11) is 1.72. The van der Waals surface area contributed by atoms with E-state index < -0.39 is 0 Å². The molecule has 2 fully saturated rings. The first kappa shape index (κ1) is 18.7. The lowest BCUT2D eigenvalue weighted by molar-refractivity contribution is -0.140. The highest BCUT2D eigenvalue weighted by Crippen LogP contribution is 2.52. The van der Waals surface area contributed by atoms with Gasteiger partial charge in [0.25, 0.3) is 0 Å². The Balaban J connectivity index is 1.28. The zero-order chi connectivity index (χ0) is 19.8. The van der Waals surface area contributed by atoms with Crippen LogP contribution >= 0.6 is 0 Å². The molecule has 2 aliphatic carbocycles. The van der Waals surface area contributed by atoms with Crippen LogP contribution in [0.5, 0.6) is 0 Å². The third-order valence-electron chi connectivity index (χ3n) is 6.36. The summed E-state index contributed by atoms with van der Waals surface area (Å²) >= 11 is 0. The Hall–Kier alpha value is -2.63. The molecule has 3 aliphatic rings. The summed E-state index contributed by atoms with van der Waals surface area (Å²) in [5.74, 6) is 0.960. The van der Waals surface area contributed by atoms with Gasteiger partial charge in [-0.25, -0.2) is 0 Å². The number of amides is 2. The molecule has 1 aromatic rings. The molecular weight excluding hydrogens is 352 g/mol. The van der Waals surface area contributed by atoms with Gasteiger partial charge in [-0.15, -0.1) is 0 Å². The van der Waals surface area contributed by atoms with Crippen LogP contribution in [-0.2, 0) is 16.1 Å². The number of benzene rings is 1. The third-order valence-corrected chi connectivity index (χ3v) is 6.36. The molecule has 6 nitrogen and oxygen atoms in total. The van der Waals surface area contributed by atoms with Gasteiger partial charge in [0, 0.05) is 26.7 Å². The molecule has 4 atom stereocenters. The van der Waals surface area contributed by atoms with Crippen LogP contribution in [0.2, 0.25) is 0 Å². The fourth-order valence-electron chi connectivity index (χ4n) is 4.91. The van der Waals surface area contributed by atoms with Crippen molar-refractivity contribution < 1.29 is 9.59 Å². The number of likely N-dealkylation sites (tertiary alicyclic amines) is 1. The highest BCUT2D eigenvalue weighted by atomic mass is 16.2. The number of allylic oxidation sites excluding steroid dienone is 2. The number of aliphatic imine (C=N–C) groups is 1. The van der Waals surface area contributed by atoms with E-state index in [2.05, 4.69) is 59.8 Å². The molecule has 6 heteroatoms. The molecule has 2 N–H and O–H groups in total. The van der Waals surface area contributed by atoms with Crippen molar-refractivity contribution in [2.45, 2.75) is 26.8 Å². The average molecular weight is 380 g/mol. The Bertz CT molecular complexity index is 830. The smallest absolute Gasteiger partial charge is 0.233 e. The molecule has 1 aromatic carbocycles. The van der Waals surface area contributed by atoms with Crippen LogP contribution in [0.4, 0.5) is 0 Å². The van der Waals surface area contributed by atoms with Gasteiger partial charge in [0.15, 0.2) is 5.96 Å². The summed E-state index contributed by atoms with van der Waals surface area (Å²) in [6.07, 6.45) is 5.21. The summed E-state index contributed by atoms with van der Waals surface area (Å²) in [4.78, 5) is 31.1. The Morgan fingerprint density at radius 3 is 2.39 bits per heavy atom. The van der Waals surface area contributed by atoms with E-state index in [1.54, 1.807) is 7.05 Å². The molecule has 0 aromatic heterocycles. The summed E-state index contributed by atoms with van der Waals surface area (Å²) in [5.41, 5.74) is 3.71. The Morgan fingerprint density at radius 1 is 1.11 bits per heavy atom. The number of guanidine groups is 1. The number of carbonyl (C=O) groups is 2. The van der Waals surface area contributed by atoms with E-state index in [9.17, 15) is 9.59 Å². The summed E-state index contributed by atoms with van der Waals surface area (Å²) in [5, 5.41) is 6.52. The van der Waals surface area contributed by atoms with Crippen molar-refractivity contribution >= 4 is 17.8 Å². The fourth-order valence-corrected chi connectivity index (χ4v) is 4.91. The molecule has 4 rings (SSSR count). The largest absolute Gasteiger partial charge is 0.355 e. The second-order valence-electron chi connectivity index (χ2n) is 8.11. The van der Waals surface area contributed by atoms with Gasteiger partial charge in [-0.1, -0.05) is 35.9 Å². The minimum atomic E-state index is -0.121. The van der Waals surface area contributed by atoms with E-state index in [1.165, 1.54) is 21.6 Å². The first-order valence-corrected chi connectivity index (χ1v) is 10.0. The SMILES string of the molecule is CN=C(NCCN1C(=O)C2C3C=CC(C3)C2C1=O)NCc1ccc(C)cc1C. The number of nitrogens with one attached hydrogen (secondary N) is 2. The lowest BCUT2D eigenvalue weighted by Crippen LogP contribution is -2.43. The number of carbonyl (C=O) groups excluding carboxylic acids is 2. The highest BCUT2D eigenvalue weighted by Gasteiger charge is 2.58. The van der Waals surface area contributed by atoms with Crippen LogP contribution < -0.4 is 10.6 Å². The molecular formula is C22H28N4O2. The molecule has 1 saturated heterocycles. The maximum atomic E-state index is 12.7. The maximum absolute atomic E-state index is 12.7. The average Bonchev–Trinajstić information content (AvgIpc) is 3.35. The second-order valence-corrected chi connectivity index (χ2v) is 8.11. The third kappa shape index (κ3) is 3.21. The monoisotopic (exact) mass is 380 g/mol. The normalized spacial score (nSPS) is 28.2. The number of aryl methyl sites for hydroxylation is 2. The van der Waals surface area contributed by atoms with Crippen LogP contribution in [-0.4, -0.2) is 42.8 Å². The number of hydrogen-bond donors (Lipinski definition) is 2. The Morgan fingerprint density at radius 2 is 1.79 bits per heavy atom. The first-order valence-electron chi connectivity index (χ1n) is 10.0. The summed E-state index contributed by atoms with van der Waals surface area (Å²) in [6, 6.07) is 6.38. The molecule has 1 aliphatic heterocycles. The summed E-state index contributed by atoms with van der Waals surface area (Å²) < 4.78 is 0. The highest BCUT2D eigenvalue weighted by molar-refractivity contribution is 6.06. The number of rotatable bonds is 5. The molecule has 1 saturated carbocycles. The zero-order valence-corrected chi connectivity index (χ0v) is 16.7. The number of fused-ring (bicyclic) bond motifs is 5. The molecule has 28 heavy (non-hydrogen) atoms. The minimum Gasteiger partial charge on any atom is -0.355 e. The standard InChI is InChI=1S/C22H28N4O2/c1-13-4-5-17(14(2)10-13)12-25-22(23-3)24-8-9-26-20(27)18-15-6-7-16(11-15)19(18)21(26)28/h4-7,10,15-16,18-19H,8-9,11-12H2,1-3H3,(H2,23,24,25). The predicted molar refractivity (Wildman–Crippen MR) is 109 cm³/mol. The van der Waals surface area contributed by atoms with E-state index in [-0.39, 0.29) is 35.5 Å². The van der Waals surface area contributed by atoms with Crippen molar-refractivity contribution in [3.8, 4) is 0 Å². The molecule has 2 bridgehead atoms. The van der Waals surface area contributed by atoms with Gasteiger partial charge in [-0.2, -0.15) is 0 Å². The van der Waals surface area contributed by atoms with Gasteiger partial charge >= 0.3 is 0 Å². The Kier molecular flexibility index (Phi) is 4.96. The van der Waals surface area contributed by atoms with Gasteiger partial charge in [-0.05, 0) is 43.2 Å². The molecule has 0 spiro atoms. The predicted octanol–water partition coefficient (Wildman–Crippen LogP) is 1.78. The quantitative estimate of drug-likeness (QED) is 0.353. The van der Waals surface area contributed by atoms with Gasteiger partial charge in [0.2, 0.25) is 11.8 Å². The van der Waals surface area contributed by atoms with Crippen molar-refractivity contribution in [3.63, 3.8) is 0 Å².